The first-order valence-electron chi connectivity index (χ1n) is 11.3. The van der Waals surface area contributed by atoms with Gasteiger partial charge in [-0.1, -0.05) is 17.7 Å². The van der Waals surface area contributed by atoms with Gasteiger partial charge in [0.15, 0.2) is 0 Å². The van der Waals surface area contributed by atoms with Crippen molar-refractivity contribution in [3.05, 3.63) is 41.0 Å². The second kappa shape index (κ2) is 7.97. The Balaban J connectivity index is 1.18. The van der Waals surface area contributed by atoms with Gasteiger partial charge < -0.3 is 10.6 Å². The van der Waals surface area contributed by atoms with E-state index in [4.69, 9.17) is 11.6 Å². The number of aryl methyl sites for hydroxylation is 1. The van der Waals surface area contributed by atoms with Crippen LogP contribution in [-0.4, -0.2) is 28.1 Å². The second-order valence-corrected chi connectivity index (χ2v) is 10.3. The summed E-state index contributed by atoms with van der Waals surface area (Å²) in [4.78, 5) is 25.6. The molecule has 1 aromatic heterocycles. The van der Waals surface area contributed by atoms with Crippen molar-refractivity contribution >= 4 is 29.2 Å². The van der Waals surface area contributed by atoms with E-state index in [2.05, 4.69) is 15.7 Å². The highest BCUT2D eigenvalue weighted by atomic mass is 35.5. The van der Waals surface area contributed by atoms with Gasteiger partial charge in [-0.05, 0) is 81.4 Å². The minimum absolute atomic E-state index is 0.144. The predicted molar refractivity (Wildman–Crippen MR) is 120 cm³/mol. The quantitative estimate of drug-likeness (QED) is 0.694. The molecule has 1 heterocycles. The van der Waals surface area contributed by atoms with Crippen molar-refractivity contribution in [3.8, 4) is 5.69 Å². The van der Waals surface area contributed by atoms with Crippen LogP contribution in [-0.2, 0) is 9.59 Å². The molecule has 164 valence electrons. The molecule has 2 N–H and O–H groups in total. The zero-order chi connectivity index (χ0) is 21.6. The van der Waals surface area contributed by atoms with Gasteiger partial charge in [-0.15, -0.1) is 0 Å². The molecule has 0 spiro atoms. The Bertz CT molecular complexity index is 979. The van der Waals surface area contributed by atoms with E-state index in [9.17, 15) is 9.59 Å². The van der Waals surface area contributed by atoms with Crippen molar-refractivity contribution in [1.82, 2.24) is 15.1 Å². The van der Waals surface area contributed by atoms with Crippen LogP contribution < -0.4 is 10.6 Å². The molecular weight excluding hydrogens is 412 g/mol. The molecule has 4 aliphatic rings. The Morgan fingerprint density at radius 3 is 2.45 bits per heavy atom. The van der Waals surface area contributed by atoms with Crippen LogP contribution in [0.15, 0.2) is 30.3 Å². The SMILES string of the molecule is Cc1cc(NC(=O)CCNC(=O)C23CC4CC(CC(C4)C2)C3)n(-c2cccc(Cl)c2)n1. The first kappa shape index (κ1) is 20.6. The minimum atomic E-state index is -0.173. The number of halogens is 1. The largest absolute Gasteiger partial charge is 0.355 e. The number of benzene rings is 1. The lowest BCUT2D eigenvalue weighted by molar-refractivity contribution is -0.146. The summed E-state index contributed by atoms with van der Waals surface area (Å²) in [7, 11) is 0. The number of carbonyl (C=O) groups excluding carboxylic acids is 2. The number of hydrogen-bond acceptors (Lipinski definition) is 3. The molecule has 0 radical (unpaired) electrons. The molecule has 0 saturated heterocycles. The normalized spacial score (nSPS) is 28.5. The van der Waals surface area contributed by atoms with Crippen molar-refractivity contribution in [2.75, 3.05) is 11.9 Å². The molecule has 31 heavy (non-hydrogen) atoms. The van der Waals surface area contributed by atoms with E-state index in [-0.39, 0.29) is 23.7 Å². The Hall–Kier alpha value is -2.34. The maximum atomic E-state index is 13.0. The van der Waals surface area contributed by atoms with Crippen LogP contribution in [0.25, 0.3) is 5.69 Å². The average molecular weight is 441 g/mol. The lowest BCUT2D eigenvalue weighted by Gasteiger charge is -2.55. The topological polar surface area (TPSA) is 76.0 Å². The number of aromatic nitrogens is 2. The summed E-state index contributed by atoms with van der Waals surface area (Å²) in [5.41, 5.74) is 1.41. The van der Waals surface area contributed by atoms with Crippen LogP contribution in [0.2, 0.25) is 5.02 Å². The number of nitrogens with zero attached hydrogens (tertiary/aromatic N) is 2. The smallest absolute Gasteiger partial charge is 0.227 e. The molecule has 6 nitrogen and oxygen atoms in total. The van der Waals surface area contributed by atoms with E-state index in [0.29, 0.717) is 17.4 Å². The van der Waals surface area contributed by atoms with Gasteiger partial charge in [0, 0.05) is 29.5 Å². The summed E-state index contributed by atoms with van der Waals surface area (Å²) in [6.07, 6.45) is 7.29. The molecule has 6 rings (SSSR count). The van der Waals surface area contributed by atoms with E-state index in [1.165, 1.54) is 19.3 Å². The van der Waals surface area contributed by atoms with Crippen molar-refractivity contribution < 1.29 is 9.59 Å². The van der Waals surface area contributed by atoms with Crippen molar-refractivity contribution in [2.45, 2.75) is 51.9 Å². The first-order chi connectivity index (χ1) is 14.9. The van der Waals surface area contributed by atoms with Crippen molar-refractivity contribution in [2.24, 2.45) is 23.2 Å². The minimum Gasteiger partial charge on any atom is -0.355 e. The molecule has 4 saturated carbocycles. The van der Waals surface area contributed by atoms with E-state index in [1.54, 1.807) is 16.8 Å². The van der Waals surface area contributed by atoms with Gasteiger partial charge in [-0.25, -0.2) is 4.68 Å². The highest BCUT2D eigenvalue weighted by molar-refractivity contribution is 6.30. The van der Waals surface area contributed by atoms with Crippen LogP contribution in [0.5, 0.6) is 0 Å². The molecular formula is C24H29ClN4O2. The van der Waals surface area contributed by atoms with Crippen molar-refractivity contribution in [1.29, 1.82) is 0 Å². The number of hydrogen-bond donors (Lipinski definition) is 2. The van der Waals surface area contributed by atoms with Gasteiger partial charge in [-0.3, -0.25) is 9.59 Å². The zero-order valence-corrected chi connectivity index (χ0v) is 18.6. The fourth-order valence-corrected chi connectivity index (χ4v) is 6.65. The standard InChI is InChI=1S/C24H29ClN4O2/c1-15-7-21(29(28-15)20-4-2-3-19(25)11-20)27-22(30)5-6-26-23(31)24-12-16-8-17(13-24)10-18(9-16)14-24/h2-4,7,11,16-18H,5-6,8-10,12-14H2,1H3,(H,26,31)(H,27,30). The van der Waals surface area contributed by atoms with Gasteiger partial charge in [0.05, 0.1) is 11.4 Å². The van der Waals surface area contributed by atoms with Crippen molar-refractivity contribution in [3.63, 3.8) is 0 Å². The molecule has 1 aromatic carbocycles. The summed E-state index contributed by atoms with van der Waals surface area (Å²) in [5, 5.41) is 11.1. The van der Waals surface area contributed by atoms with Crippen LogP contribution >= 0.6 is 11.6 Å². The maximum Gasteiger partial charge on any atom is 0.227 e. The Morgan fingerprint density at radius 1 is 1.13 bits per heavy atom. The fraction of sp³-hybridized carbons (Fsp3) is 0.542. The third kappa shape index (κ3) is 4.10. The molecule has 2 amide bonds. The van der Waals surface area contributed by atoms with Gasteiger partial charge in [0.25, 0.3) is 0 Å². The van der Waals surface area contributed by atoms with Gasteiger partial charge >= 0.3 is 0 Å². The van der Waals surface area contributed by atoms with Crippen LogP contribution in [0.3, 0.4) is 0 Å². The lowest BCUT2D eigenvalue weighted by atomic mass is 9.49. The molecule has 4 fully saturated rings. The van der Waals surface area contributed by atoms with Crippen LogP contribution in [0.4, 0.5) is 5.82 Å². The van der Waals surface area contributed by atoms with Crippen LogP contribution in [0.1, 0.15) is 50.6 Å². The van der Waals surface area contributed by atoms with E-state index >= 15 is 0 Å². The predicted octanol–water partition coefficient (Wildman–Crippen LogP) is 4.50. The number of anilines is 1. The Kier molecular flexibility index (Phi) is 5.29. The highest BCUT2D eigenvalue weighted by Crippen LogP contribution is 2.60. The summed E-state index contributed by atoms with van der Waals surface area (Å²) in [6.45, 7) is 2.24. The molecule has 7 heteroatoms. The van der Waals surface area contributed by atoms with Gasteiger partial charge in [0.1, 0.15) is 5.82 Å². The monoisotopic (exact) mass is 440 g/mol. The number of amides is 2. The maximum absolute atomic E-state index is 13.0. The van der Waals surface area contributed by atoms with E-state index in [1.807, 2.05) is 25.1 Å². The second-order valence-electron chi connectivity index (χ2n) is 9.81. The highest BCUT2D eigenvalue weighted by Gasteiger charge is 2.54. The van der Waals surface area contributed by atoms with E-state index < -0.39 is 0 Å². The summed E-state index contributed by atoms with van der Waals surface area (Å²) in [6, 6.07) is 9.16. The number of carbonyl (C=O) groups is 2. The van der Waals surface area contributed by atoms with Gasteiger partial charge in [-0.2, -0.15) is 5.10 Å². The van der Waals surface area contributed by atoms with E-state index in [0.717, 1.165) is 48.4 Å². The third-order valence-corrected chi connectivity index (χ3v) is 7.54. The molecule has 0 atom stereocenters. The molecule has 2 aromatic rings. The Labute approximate surface area is 187 Å². The molecule has 4 bridgehead atoms. The summed E-state index contributed by atoms with van der Waals surface area (Å²) >= 11 is 6.10. The Morgan fingerprint density at radius 2 is 1.81 bits per heavy atom. The lowest BCUT2D eigenvalue weighted by Crippen LogP contribution is -2.53. The molecule has 4 aliphatic carbocycles. The number of nitrogens with one attached hydrogen (secondary N) is 2. The molecule has 0 aliphatic heterocycles. The summed E-state index contributed by atoms with van der Waals surface area (Å²) in [5.74, 6) is 2.81. The average Bonchev–Trinajstić information content (AvgIpc) is 3.07. The first-order valence-corrected chi connectivity index (χ1v) is 11.7. The van der Waals surface area contributed by atoms with Crippen LogP contribution in [0, 0.1) is 30.1 Å². The summed E-state index contributed by atoms with van der Waals surface area (Å²) < 4.78 is 1.67. The van der Waals surface area contributed by atoms with Gasteiger partial charge in [0.2, 0.25) is 11.8 Å². The fourth-order valence-electron chi connectivity index (χ4n) is 6.46. The number of rotatable bonds is 6. The zero-order valence-electron chi connectivity index (χ0n) is 17.9. The molecule has 0 unspecified atom stereocenters. The third-order valence-electron chi connectivity index (χ3n) is 7.31.